The highest BCUT2D eigenvalue weighted by molar-refractivity contribution is 7.88. The van der Waals surface area contributed by atoms with Gasteiger partial charge in [-0.15, -0.1) is 0 Å². The molecule has 0 bridgehead atoms. The number of nitrogens with zero attached hydrogens (tertiary/aromatic N) is 1. The average molecular weight is 259 g/mol. The van der Waals surface area contributed by atoms with Gasteiger partial charge < -0.3 is 4.74 Å². The van der Waals surface area contributed by atoms with Gasteiger partial charge >= 0.3 is 0 Å². The van der Waals surface area contributed by atoms with Gasteiger partial charge in [0, 0.05) is 13.1 Å². The minimum absolute atomic E-state index is 0.204. The van der Waals surface area contributed by atoms with Crippen molar-refractivity contribution >= 4 is 10.0 Å². The van der Waals surface area contributed by atoms with Crippen molar-refractivity contribution < 1.29 is 17.5 Å². The standard InChI is InChI=1S/C11H14FNO3S/c1-9-2-3-11(12)6-10(9)7-13-4-5-16-8-17(13,14)15/h2-3,6H,4-5,7-8H2,1H3. The van der Waals surface area contributed by atoms with Crippen LogP contribution in [0, 0.1) is 12.7 Å². The van der Waals surface area contributed by atoms with Crippen molar-refractivity contribution in [2.24, 2.45) is 0 Å². The van der Waals surface area contributed by atoms with Gasteiger partial charge in [-0.1, -0.05) is 6.07 Å². The van der Waals surface area contributed by atoms with Crippen LogP contribution in [0.2, 0.25) is 0 Å². The summed E-state index contributed by atoms with van der Waals surface area (Å²) >= 11 is 0. The Hall–Kier alpha value is -0.980. The first-order valence-electron chi connectivity index (χ1n) is 5.29. The normalized spacial score (nSPS) is 20.4. The van der Waals surface area contributed by atoms with E-state index < -0.39 is 10.0 Å². The quantitative estimate of drug-likeness (QED) is 0.803. The first kappa shape index (κ1) is 12.5. The Balaban J connectivity index is 2.22. The van der Waals surface area contributed by atoms with E-state index in [1.807, 2.05) is 6.92 Å². The van der Waals surface area contributed by atoms with Gasteiger partial charge in [-0.25, -0.2) is 12.8 Å². The molecule has 0 unspecified atom stereocenters. The largest absolute Gasteiger partial charge is 0.363 e. The van der Waals surface area contributed by atoms with Gasteiger partial charge in [0.15, 0.2) is 5.94 Å². The van der Waals surface area contributed by atoms with Gasteiger partial charge in [0.2, 0.25) is 10.0 Å². The first-order valence-corrected chi connectivity index (χ1v) is 6.90. The Labute approximate surface area is 100 Å². The molecular formula is C11H14FNO3S. The number of rotatable bonds is 2. The van der Waals surface area contributed by atoms with E-state index in [9.17, 15) is 12.8 Å². The molecule has 17 heavy (non-hydrogen) atoms. The van der Waals surface area contributed by atoms with Crippen molar-refractivity contribution in [3.63, 3.8) is 0 Å². The maximum Gasteiger partial charge on any atom is 0.238 e. The molecule has 1 aromatic carbocycles. The Morgan fingerprint density at radius 3 is 2.94 bits per heavy atom. The summed E-state index contributed by atoms with van der Waals surface area (Å²) in [5, 5.41) is 0. The van der Waals surface area contributed by atoms with Crippen LogP contribution >= 0.6 is 0 Å². The second kappa shape index (κ2) is 4.72. The molecule has 2 rings (SSSR count). The van der Waals surface area contributed by atoms with Crippen LogP contribution in [-0.4, -0.2) is 31.8 Å². The molecule has 0 saturated carbocycles. The zero-order chi connectivity index (χ0) is 12.5. The minimum atomic E-state index is -3.36. The number of benzene rings is 1. The third kappa shape index (κ3) is 2.83. The van der Waals surface area contributed by atoms with Crippen molar-refractivity contribution in [3.05, 3.63) is 35.1 Å². The molecular weight excluding hydrogens is 245 g/mol. The zero-order valence-corrected chi connectivity index (χ0v) is 10.3. The fourth-order valence-electron chi connectivity index (χ4n) is 1.72. The maximum absolute atomic E-state index is 13.1. The molecule has 1 heterocycles. The highest BCUT2D eigenvalue weighted by atomic mass is 32.2. The maximum atomic E-state index is 13.1. The molecule has 0 spiro atoms. The summed E-state index contributed by atoms with van der Waals surface area (Å²) in [6.07, 6.45) is 0. The molecule has 0 aromatic heterocycles. The van der Waals surface area contributed by atoms with Crippen LogP contribution < -0.4 is 0 Å². The van der Waals surface area contributed by atoms with Crippen LogP contribution in [0.5, 0.6) is 0 Å². The minimum Gasteiger partial charge on any atom is -0.363 e. The van der Waals surface area contributed by atoms with Gasteiger partial charge in [0.05, 0.1) is 6.61 Å². The van der Waals surface area contributed by atoms with E-state index in [0.717, 1.165) is 5.56 Å². The SMILES string of the molecule is Cc1ccc(F)cc1CN1CCOCS1(=O)=O. The average Bonchev–Trinajstić information content (AvgIpc) is 2.26. The smallest absolute Gasteiger partial charge is 0.238 e. The molecule has 94 valence electrons. The van der Waals surface area contributed by atoms with Gasteiger partial charge in [-0.2, -0.15) is 4.31 Å². The van der Waals surface area contributed by atoms with Crippen LogP contribution in [0.4, 0.5) is 4.39 Å². The molecule has 1 fully saturated rings. The van der Waals surface area contributed by atoms with E-state index in [2.05, 4.69) is 0 Å². The lowest BCUT2D eigenvalue weighted by molar-refractivity contribution is 0.130. The van der Waals surface area contributed by atoms with Gasteiger partial charge in [0.25, 0.3) is 0 Å². The van der Waals surface area contributed by atoms with E-state index in [0.29, 0.717) is 18.7 Å². The van der Waals surface area contributed by atoms with E-state index in [-0.39, 0.29) is 18.3 Å². The van der Waals surface area contributed by atoms with Crippen molar-refractivity contribution in [3.8, 4) is 0 Å². The number of ether oxygens (including phenoxy) is 1. The number of halogens is 1. The Morgan fingerprint density at radius 1 is 1.47 bits per heavy atom. The Bertz CT molecular complexity index is 515. The molecule has 6 heteroatoms. The third-order valence-electron chi connectivity index (χ3n) is 2.77. The summed E-state index contributed by atoms with van der Waals surface area (Å²) in [4.78, 5) is 0. The number of sulfonamides is 1. The summed E-state index contributed by atoms with van der Waals surface area (Å²) in [6.45, 7) is 2.74. The molecule has 0 aliphatic carbocycles. The van der Waals surface area contributed by atoms with E-state index in [1.165, 1.54) is 16.4 Å². The van der Waals surface area contributed by atoms with E-state index in [4.69, 9.17) is 4.74 Å². The van der Waals surface area contributed by atoms with Crippen LogP contribution in [0.3, 0.4) is 0 Å². The predicted octanol–water partition coefficient (Wildman–Crippen LogP) is 1.25. The van der Waals surface area contributed by atoms with Crippen LogP contribution in [0.1, 0.15) is 11.1 Å². The van der Waals surface area contributed by atoms with Crippen molar-refractivity contribution in [1.29, 1.82) is 0 Å². The van der Waals surface area contributed by atoms with Gasteiger partial charge in [-0.3, -0.25) is 0 Å². The fourth-order valence-corrected chi connectivity index (χ4v) is 2.89. The molecule has 1 aromatic rings. The highest BCUT2D eigenvalue weighted by Crippen LogP contribution is 2.17. The van der Waals surface area contributed by atoms with Crippen molar-refractivity contribution in [1.82, 2.24) is 4.31 Å². The second-order valence-electron chi connectivity index (χ2n) is 4.04. The molecule has 0 N–H and O–H groups in total. The highest BCUT2D eigenvalue weighted by Gasteiger charge is 2.26. The summed E-state index contributed by atoms with van der Waals surface area (Å²) in [5.41, 5.74) is 1.57. The summed E-state index contributed by atoms with van der Waals surface area (Å²) in [5.74, 6) is -0.641. The monoisotopic (exact) mass is 259 g/mol. The van der Waals surface area contributed by atoms with Crippen LogP contribution in [-0.2, 0) is 21.3 Å². The topological polar surface area (TPSA) is 46.6 Å². The molecule has 1 aliphatic rings. The van der Waals surface area contributed by atoms with Gasteiger partial charge in [0.1, 0.15) is 5.82 Å². The van der Waals surface area contributed by atoms with Gasteiger partial charge in [-0.05, 0) is 30.2 Å². The number of hydrogen-bond acceptors (Lipinski definition) is 3. The summed E-state index contributed by atoms with van der Waals surface area (Å²) in [7, 11) is -3.36. The molecule has 0 radical (unpaired) electrons. The molecule has 1 saturated heterocycles. The molecule has 1 aliphatic heterocycles. The lowest BCUT2D eigenvalue weighted by Gasteiger charge is -2.26. The summed E-state index contributed by atoms with van der Waals surface area (Å²) in [6, 6.07) is 4.39. The first-order chi connectivity index (χ1) is 7.99. The second-order valence-corrected chi connectivity index (χ2v) is 5.96. The molecule has 4 nitrogen and oxygen atoms in total. The van der Waals surface area contributed by atoms with Crippen LogP contribution in [0.15, 0.2) is 18.2 Å². The number of hydrogen-bond donors (Lipinski definition) is 0. The van der Waals surface area contributed by atoms with E-state index in [1.54, 1.807) is 6.07 Å². The molecule has 0 amide bonds. The van der Waals surface area contributed by atoms with Crippen molar-refractivity contribution in [2.75, 3.05) is 19.1 Å². The van der Waals surface area contributed by atoms with E-state index >= 15 is 0 Å². The lowest BCUT2D eigenvalue weighted by Crippen LogP contribution is -2.40. The molecule has 0 atom stereocenters. The van der Waals surface area contributed by atoms with Crippen molar-refractivity contribution in [2.45, 2.75) is 13.5 Å². The number of aryl methyl sites for hydroxylation is 1. The summed E-state index contributed by atoms with van der Waals surface area (Å²) < 4.78 is 42.7. The Morgan fingerprint density at radius 2 is 2.24 bits per heavy atom. The lowest BCUT2D eigenvalue weighted by atomic mass is 10.1. The van der Waals surface area contributed by atoms with Crippen LogP contribution in [0.25, 0.3) is 0 Å². The third-order valence-corrected chi connectivity index (χ3v) is 4.33. The fraction of sp³-hybridized carbons (Fsp3) is 0.455. The zero-order valence-electron chi connectivity index (χ0n) is 9.52. The Kier molecular flexibility index (Phi) is 3.46. The predicted molar refractivity (Wildman–Crippen MR) is 61.3 cm³/mol.